The average Bonchev–Trinajstić information content (AvgIpc) is 3.52. The summed E-state index contributed by atoms with van der Waals surface area (Å²) in [5, 5.41) is 5.11. The summed E-state index contributed by atoms with van der Waals surface area (Å²) in [6.07, 6.45) is 12.1. The predicted octanol–water partition coefficient (Wildman–Crippen LogP) is 5.73. The highest BCUT2D eigenvalue weighted by Gasteiger charge is 2.55. The highest BCUT2D eigenvalue weighted by molar-refractivity contribution is 6.04. The van der Waals surface area contributed by atoms with Gasteiger partial charge in [-0.05, 0) is 44.7 Å². The molecule has 2 aliphatic carbocycles. The van der Waals surface area contributed by atoms with Crippen LogP contribution in [-0.4, -0.2) is 26.7 Å². The van der Waals surface area contributed by atoms with E-state index >= 15 is 0 Å². The molecule has 2 saturated carbocycles. The summed E-state index contributed by atoms with van der Waals surface area (Å²) in [4.78, 5) is 20.6. The van der Waals surface area contributed by atoms with Gasteiger partial charge >= 0.3 is 0 Å². The zero-order valence-electron chi connectivity index (χ0n) is 18.7. The number of fused-ring (bicyclic) bond motifs is 4. The van der Waals surface area contributed by atoms with Crippen molar-refractivity contribution in [3.8, 4) is 11.4 Å². The zero-order valence-corrected chi connectivity index (χ0v) is 18.7. The van der Waals surface area contributed by atoms with E-state index in [1.54, 1.807) is 18.4 Å². The number of aryl methyl sites for hydroxylation is 1. The fourth-order valence-electron chi connectivity index (χ4n) is 6.44. The number of hydrogen-bond acceptors (Lipinski definition) is 4. The van der Waals surface area contributed by atoms with Crippen molar-refractivity contribution in [1.82, 2.24) is 14.8 Å². The summed E-state index contributed by atoms with van der Waals surface area (Å²) >= 11 is 0. The first-order chi connectivity index (χ1) is 15.7. The second-order valence-electron chi connectivity index (χ2n) is 9.79. The van der Waals surface area contributed by atoms with E-state index in [0.717, 1.165) is 37.7 Å². The molecule has 2 atom stereocenters. The molecule has 1 amide bonds. The van der Waals surface area contributed by atoms with Crippen molar-refractivity contribution >= 4 is 11.9 Å². The van der Waals surface area contributed by atoms with Gasteiger partial charge in [-0.15, -0.1) is 5.10 Å². The third-order valence-corrected chi connectivity index (χ3v) is 7.96. The molecule has 2 aromatic heterocycles. The highest BCUT2D eigenvalue weighted by Crippen LogP contribution is 2.53. The molecule has 3 heterocycles. The predicted molar refractivity (Wildman–Crippen MR) is 123 cm³/mol. The van der Waals surface area contributed by atoms with Crippen LogP contribution < -0.4 is 4.90 Å². The van der Waals surface area contributed by atoms with Crippen LogP contribution in [0.2, 0.25) is 0 Å². The normalized spacial score (nSPS) is 24.2. The van der Waals surface area contributed by atoms with Gasteiger partial charge in [0.2, 0.25) is 5.95 Å². The van der Waals surface area contributed by atoms with Crippen molar-refractivity contribution in [2.45, 2.75) is 76.3 Å². The van der Waals surface area contributed by atoms with Crippen LogP contribution in [0.1, 0.15) is 73.9 Å². The maximum atomic E-state index is 13.7. The Hall–Kier alpha value is -2.89. The third-order valence-electron chi connectivity index (χ3n) is 7.96. The first-order valence-electron chi connectivity index (χ1n) is 12.1. The molecule has 6 rings (SSSR count). The number of anilines is 1. The Morgan fingerprint density at radius 2 is 1.81 bits per heavy atom. The zero-order chi connectivity index (χ0) is 21.7. The fraction of sp³-hybridized carbons (Fsp3) is 0.500. The van der Waals surface area contributed by atoms with E-state index in [1.165, 1.54) is 31.2 Å². The van der Waals surface area contributed by atoms with Gasteiger partial charge < -0.3 is 4.42 Å². The van der Waals surface area contributed by atoms with Gasteiger partial charge in [-0.2, -0.15) is 4.98 Å². The summed E-state index contributed by atoms with van der Waals surface area (Å²) < 4.78 is 7.70. The Bertz CT molecular complexity index is 1110. The number of benzene rings is 1. The molecular weight excluding hydrogens is 400 g/mol. The minimum atomic E-state index is -0.0957. The summed E-state index contributed by atoms with van der Waals surface area (Å²) in [5.41, 5.74) is 2.17. The van der Waals surface area contributed by atoms with Crippen molar-refractivity contribution < 1.29 is 9.21 Å². The van der Waals surface area contributed by atoms with Crippen molar-refractivity contribution in [1.29, 1.82) is 0 Å². The first-order valence-corrected chi connectivity index (χ1v) is 12.1. The van der Waals surface area contributed by atoms with Crippen molar-refractivity contribution in [2.24, 2.45) is 5.92 Å². The monoisotopic (exact) mass is 430 g/mol. The molecule has 1 spiro atoms. The maximum Gasteiger partial charge on any atom is 0.296 e. The fourth-order valence-corrected chi connectivity index (χ4v) is 6.44. The van der Waals surface area contributed by atoms with E-state index in [-0.39, 0.29) is 17.5 Å². The summed E-state index contributed by atoms with van der Waals surface area (Å²) in [6, 6.07) is 12.0. The molecule has 6 heteroatoms. The lowest BCUT2D eigenvalue weighted by Crippen LogP contribution is -2.61. The van der Waals surface area contributed by atoms with Crippen LogP contribution in [0.15, 0.2) is 47.1 Å². The Balaban J connectivity index is 1.54. The third kappa shape index (κ3) is 2.95. The van der Waals surface area contributed by atoms with E-state index < -0.39 is 0 Å². The summed E-state index contributed by atoms with van der Waals surface area (Å²) in [7, 11) is 0. The van der Waals surface area contributed by atoms with Gasteiger partial charge in [-0.3, -0.25) is 9.69 Å². The molecule has 0 bridgehead atoms. The number of aromatic nitrogens is 3. The number of furan rings is 1. The van der Waals surface area contributed by atoms with Crippen molar-refractivity contribution in [3.63, 3.8) is 0 Å². The molecule has 0 N–H and O–H groups in total. The number of nitrogens with zero attached hydrogens (tertiary/aromatic N) is 4. The topological polar surface area (TPSA) is 64.2 Å². The van der Waals surface area contributed by atoms with Crippen LogP contribution in [-0.2, 0) is 5.54 Å². The van der Waals surface area contributed by atoms with Gasteiger partial charge in [0.15, 0.2) is 11.6 Å². The number of carbonyl (C=O) groups excluding carboxylic acids is 1. The molecule has 3 aliphatic rings. The number of amides is 1. The second-order valence-corrected chi connectivity index (χ2v) is 9.79. The Morgan fingerprint density at radius 1 is 1.03 bits per heavy atom. The van der Waals surface area contributed by atoms with E-state index in [9.17, 15) is 4.79 Å². The molecular formula is C26H30N4O2. The lowest BCUT2D eigenvalue weighted by Gasteiger charge is -2.55. The van der Waals surface area contributed by atoms with Crippen LogP contribution in [0.5, 0.6) is 0 Å². The molecule has 166 valence electrons. The lowest BCUT2D eigenvalue weighted by atomic mass is 9.64. The summed E-state index contributed by atoms with van der Waals surface area (Å²) in [6.45, 7) is 2.08. The number of carbonyl (C=O) groups is 1. The van der Waals surface area contributed by atoms with Crippen LogP contribution in [0.4, 0.5) is 5.95 Å². The van der Waals surface area contributed by atoms with E-state index in [2.05, 4.69) is 35.9 Å². The highest BCUT2D eigenvalue weighted by atomic mass is 16.3. The molecule has 0 saturated heterocycles. The van der Waals surface area contributed by atoms with Gasteiger partial charge in [0.25, 0.3) is 5.91 Å². The quantitative estimate of drug-likeness (QED) is 0.521. The van der Waals surface area contributed by atoms with Crippen LogP contribution in [0, 0.1) is 12.8 Å². The van der Waals surface area contributed by atoms with E-state index in [1.807, 2.05) is 4.90 Å². The molecule has 6 nitrogen and oxygen atoms in total. The standard InChI is InChI=1S/C26H30N4O2/c1-18-11-13-19(14-12-18)23-27-25-29(24(31)22-10-7-17-32-22)21-9-4-3-8-20(21)26(30(25)28-23)15-5-2-6-16-26/h7,10-14,17,20-21H,2-6,8-9,15-16H2,1H3. The SMILES string of the molecule is Cc1ccc(-c2nc3n(n2)C2(CCCCC2)C2CCCCC2N3C(=O)c2ccco2)cc1. The smallest absolute Gasteiger partial charge is 0.296 e. The molecule has 1 aromatic carbocycles. The van der Waals surface area contributed by atoms with E-state index in [0.29, 0.717) is 23.5 Å². The first kappa shape index (κ1) is 19.8. The van der Waals surface area contributed by atoms with Crippen LogP contribution in [0.3, 0.4) is 0 Å². The number of rotatable bonds is 2. The second kappa shape index (κ2) is 7.61. The molecule has 3 aromatic rings. The minimum Gasteiger partial charge on any atom is -0.459 e. The molecule has 1 aliphatic heterocycles. The van der Waals surface area contributed by atoms with Gasteiger partial charge in [0.1, 0.15) is 0 Å². The molecule has 2 fully saturated rings. The maximum absolute atomic E-state index is 13.7. The Labute approximate surface area is 188 Å². The van der Waals surface area contributed by atoms with Gasteiger partial charge in [0, 0.05) is 17.5 Å². The van der Waals surface area contributed by atoms with Gasteiger partial charge in [-0.1, -0.05) is 61.9 Å². The van der Waals surface area contributed by atoms with Gasteiger partial charge in [-0.25, -0.2) is 4.68 Å². The largest absolute Gasteiger partial charge is 0.459 e. The molecule has 2 unspecified atom stereocenters. The van der Waals surface area contributed by atoms with Crippen molar-refractivity contribution in [2.75, 3.05) is 4.90 Å². The number of hydrogen-bond donors (Lipinski definition) is 0. The van der Waals surface area contributed by atoms with Gasteiger partial charge in [0.05, 0.1) is 11.8 Å². The Morgan fingerprint density at radius 3 is 2.56 bits per heavy atom. The lowest BCUT2D eigenvalue weighted by molar-refractivity contribution is 0.0309. The average molecular weight is 431 g/mol. The van der Waals surface area contributed by atoms with Crippen molar-refractivity contribution in [3.05, 3.63) is 54.0 Å². The Kier molecular flexibility index (Phi) is 4.70. The van der Waals surface area contributed by atoms with Crippen LogP contribution >= 0.6 is 0 Å². The minimum absolute atomic E-state index is 0.0332. The van der Waals surface area contributed by atoms with Crippen LogP contribution in [0.25, 0.3) is 11.4 Å². The van der Waals surface area contributed by atoms with E-state index in [4.69, 9.17) is 14.5 Å². The molecule has 0 radical (unpaired) electrons. The molecule has 32 heavy (non-hydrogen) atoms. The summed E-state index contributed by atoms with van der Waals surface area (Å²) in [5.74, 6) is 2.10.